The molecule has 9 heteroatoms. The number of hydrogen-bond donors (Lipinski definition) is 0. The number of halogens is 2. The number of amides is 1. The van der Waals surface area contributed by atoms with Crippen molar-refractivity contribution < 1.29 is 14.5 Å². The molecule has 0 atom stereocenters. The van der Waals surface area contributed by atoms with Crippen LogP contribution < -0.4 is 9.64 Å². The molecule has 1 fully saturated rings. The molecule has 0 radical (unpaired) electrons. The van der Waals surface area contributed by atoms with Crippen LogP contribution in [0, 0.1) is 10.1 Å². The van der Waals surface area contributed by atoms with Crippen molar-refractivity contribution in [2.45, 2.75) is 0 Å². The van der Waals surface area contributed by atoms with Gasteiger partial charge in [-0.25, -0.2) is 0 Å². The Kier molecular flexibility index (Phi) is 6.03. The van der Waals surface area contributed by atoms with Crippen molar-refractivity contribution >= 4 is 40.5 Å². The van der Waals surface area contributed by atoms with Crippen LogP contribution in [0.2, 0.25) is 10.0 Å². The first-order chi connectivity index (χ1) is 13.0. The molecule has 27 heavy (non-hydrogen) atoms. The van der Waals surface area contributed by atoms with Gasteiger partial charge in [0.15, 0.2) is 6.61 Å². The van der Waals surface area contributed by atoms with Crippen molar-refractivity contribution in [2.24, 2.45) is 0 Å². The zero-order valence-electron chi connectivity index (χ0n) is 14.3. The lowest BCUT2D eigenvalue weighted by atomic mass is 10.2. The molecule has 2 aromatic carbocycles. The third kappa shape index (κ3) is 4.43. The third-order valence-electron chi connectivity index (χ3n) is 4.32. The van der Waals surface area contributed by atoms with Crippen LogP contribution in [0.4, 0.5) is 11.4 Å². The molecular weight excluding hydrogens is 393 g/mol. The van der Waals surface area contributed by atoms with E-state index >= 15 is 0 Å². The average Bonchev–Trinajstić information content (AvgIpc) is 2.69. The molecule has 0 spiro atoms. The van der Waals surface area contributed by atoms with Gasteiger partial charge >= 0.3 is 0 Å². The first kappa shape index (κ1) is 19.3. The van der Waals surface area contributed by atoms with Crippen LogP contribution in [-0.2, 0) is 4.79 Å². The van der Waals surface area contributed by atoms with Crippen LogP contribution in [-0.4, -0.2) is 48.5 Å². The van der Waals surface area contributed by atoms with Crippen LogP contribution in [0.3, 0.4) is 0 Å². The number of hydrogen-bond acceptors (Lipinski definition) is 5. The van der Waals surface area contributed by atoms with E-state index in [1.165, 1.54) is 6.07 Å². The molecular formula is C18H17Cl2N3O4. The molecule has 0 aromatic heterocycles. The standard InChI is InChI=1S/C18H17Cl2N3O4/c19-13-4-3-7-16(18(13)20)27-12-17(24)22-10-8-21(9-11-22)14-5-1-2-6-15(14)23(25)26/h1-7H,8-12H2. The summed E-state index contributed by atoms with van der Waals surface area (Å²) in [6, 6.07) is 11.6. The number of ether oxygens (including phenoxy) is 1. The number of carbonyl (C=O) groups excluding carboxylic acids is 1. The van der Waals surface area contributed by atoms with Gasteiger partial charge in [-0.05, 0) is 18.2 Å². The molecule has 1 heterocycles. The quantitative estimate of drug-likeness (QED) is 0.556. The number of nitro groups is 1. The van der Waals surface area contributed by atoms with Crippen LogP contribution in [0.25, 0.3) is 0 Å². The predicted octanol–water partition coefficient (Wildman–Crippen LogP) is 3.63. The molecule has 0 N–H and O–H groups in total. The van der Waals surface area contributed by atoms with Gasteiger partial charge in [-0.2, -0.15) is 0 Å². The van der Waals surface area contributed by atoms with E-state index in [-0.39, 0.29) is 23.2 Å². The van der Waals surface area contributed by atoms with Gasteiger partial charge in [0.2, 0.25) is 0 Å². The van der Waals surface area contributed by atoms with E-state index in [9.17, 15) is 14.9 Å². The Morgan fingerprint density at radius 3 is 2.48 bits per heavy atom. The Labute approximate surface area is 166 Å². The summed E-state index contributed by atoms with van der Waals surface area (Å²) in [4.78, 5) is 26.8. The number of nitro benzene ring substituents is 1. The molecule has 0 saturated carbocycles. The van der Waals surface area contributed by atoms with Gasteiger partial charge in [0, 0.05) is 32.2 Å². The van der Waals surface area contributed by atoms with E-state index in [0.717, 1.165) is 0 Å². The molecule has 0 unspecified atom stereocenters. The smallest absolute Gasteiger partial charge is 0.292 e. The largest absolute Gasteiger partial charge is 0.482 e. The number of para-hydroxylation sites is 2. The highest BCUT2D eigenvalue weighted by molar-refractivity contribution is 6.42. The molecule has 3 rings (SSSR count). The van der Waals surface area contributed by atoms with E-state index in [0.29, 0.717) is 42.6 Å². The number of piperazine rings is 1. The Morgan fingerprint density at radius 1 is 1.07 bits per heavy atom. The number of benzene rings is 2. The molecule has 1 aliphatic heterocycles. The van der Waals surface area contributed by atoms with Gasteiger partial charge in [-0.15, -0.1) is 0 Å². The van der Waals surface area contributed by atoms with Gasteiger partial charge < -0.3 is 14.5 Å². The molecule has 0 aliphatic carbocycles. The lowest BCUT2D eigenvalue weighted by Gasteiger charge is -2.35. The summed E-state index contributed by atoms with van der Waals surface area (Å²) in [5.74, 6) is 0.185. The zero-order valence-corrected chi connectivity index (χ0v) is 15.8. The molecule has 142 valence electrons. The Balaban J connectivity index is 1.57. The Hall–Kier alpha value is -2.51. The molecule has 7 nitrogen and oxygen atoms in total. The minimum atomic E-state index is -0.393. The van der Waals surface area contributed by atoms with Crippen molar-refractivity contribution in [2.75, 3.05) is 37.7 Å². The monoisotopic (exact) mass is 409 g/mol. The van der Waals surface area contributed by atoms with Gasteiger partial charge in [0.05, 0.1) is 9.95 Å². The maximum Gasteiger partial charge on any atom is 0.292 e. The van der Waals surface area contributed by atoms with Gasteiger partial charge in [-0.3, -0.25) is 14.9 Å². The lowest BCUT2D eigenvalue weighted by Crippen LogP contribution is -2.50. The second kappa shape index (κ2) is 8.45. The number of nitrogens with zero attached hydrogens (tertiary/aromatic N) is 3. The third-order valence-corrected chi connectivity index (χ3v) is 5.12. The number of anilines is 1. The maximum absolute atomic E-state index is 12.4. The summed E-state index contributed by atoms with van der Waals surface area (Å²) in [7, 11) is 0. The van der Waals surface area contributed by atoms with Crippen molar-refractivity contribution in [1.29, 1.82) is 0 Å². The predicted molar refractivity (Wildman–Crippen MR) is 104 cm³/mol. The van der Waals surface area contributed by atoms with Crippen molar-refractivity contribution in [1.82, 2.24) is 4.90 Å². The molecule has 1 amide bonds. The minimum absolute atomic E-state index is 0.0659. The summed E-state index contributed by atoms with van der Waals surface area (Å²) in [5, 5.41) is 11.8. The normalized spacial score (nSPS) is 14.1. The van der Waals surface area contributed by atoms with E-state index < -0.39 is 4.92 Å². The topological polar surface area (TPSA) is 75.9 Å². The summed E-state index contributed by atoms with van der Waals surface area (Å²) in [5.41, 5.74) is 0.632. The van der Waals surface area contributed by atoms with E-state index in [2.05, 4.69) is 0 Å². The highest BCUT2D eigenvalue weighted by Crippen LogP contribution is 2.31. The highest BCUT2D eigenvalue weighted by atomic mass is 35.5. The average molecular weight is 410 g/mol. The van der Waals surface area contributed by atoms with Crippen LogP contribution >= 0.6 is 23.2 Å². The fraction of sp³-hybridized carbons (Fsp3) is 0.278. The SMILES string of the molecule is O=C(COc1cccc(Cl)c1Cl)N1CCN(c2ccccc2[N+](=O)[O-])CC1. The second-order valence-electron chi connectivity index (χ2n) is 5.95. The first-order valence-corrected chi connectivity index (χ1v) is 9.06. The van der Waals surface area contributed by atoms with Gasteiger partial charge in [0.1, 0.15) is 16.5 Å². The van der Waals surface area contributed by atoms with Crippen molar-refractivity contribution in [3.63, 3.8) is 0 Å². The van der Waals surface area contributed by atoms with Gasteiger partial charge in [-0.1, -0.05) is 41.4 Å². The number of rotatable bonds is 5. The summed E-state index contributed by atoms with van der Waals surface area (Å²) < 4.78 is 5.48. The summed E-state index contributed by atoms with van der Waals surface area (Å²) in [6.07, 6.45) is 0. The Bertz CT molecular complexity index is 854. The second-order valence-corrected chi connectivity index (χ2v) is 6.74. The molecule has 2 aromatic rings. The fourth-order valence-corrected chi connectivity index (χ4v) is 3.26. The lowest BCUT2D eigenvalue weighted by molar-refractivity contribution is -0.384. The molecule has 0 bridgehead atoms. The van der Waals surface area contributed by atoms with Crippen LogP contribution in [0.5, 0.6) is 5.75 Å². The summed E-state index contributed by atoms with van der Waals surface area (Å²) >= 11 is 12.0. The van der Waals surface area contributed by atoms with E-state index in [1.54, 1.807) is 41.3 Å². The molecule has 1 aliphatic rings. The maximum atomic E-state index is 12.4. The van der Waals surface area contributed by atoms with Crippen molar-refractivity contribution in [3.05, 3.63) is 62.6 Å². The van der Waals surface area contributed by atoms with E-state index in [4.69, 9.17) is 27.9 Å². The number of carbonyl (C=O) groups is 1. The van der Waals surface area contributed by atoms with Crippen LogP contribution in [0.15, 0.2) is 42.5 Å². The van der Waals surface area contributed by atoms with E-state index in [1.807, 2.05) is 4.90 Å². The van der Waals surface area contributed by atoms with Crippen molar-refractivity contribution in [3.8, 4) is 5.75 Å². The highest BCUT2D eigenvalue weighted by Gasteiger charge is 2.25. The minimum Gasteiger partial charge on any atom is -0.482 e. The fourth-order valence-electron chi connectivity index (χ4n) is 2.91. The van der Waals surface area contributed by atoms with Crippen LogP contribution in [0.1, 0.15) is 0 Å². The zero-order chi connectivity index (χ0) is 19.4. The van der Waals surface area contributed by atoms with Gasteiger partial charge in [0.25, 0.3) is 11.6 Å². The Morgan fingerprint density at radius 2 is 1.78 bits per heavy atom. The summed E-state index contributed by atoms with van der Waals surface area (Å²) in [6.45, 7) is 1.78. The first-order valence-electron chi connectivity index (χ1n) is 8.30. The molecule has 1 saturated heterocycles.